The zero-order valence-electron chi connectivity index (χ0n) is 12.1. The van der Waals surface area contributed by atoms with Crippen molar-refractivity contribution >= 4 is 18.5 Å². The Morgan fingerprint density at radius 1 is 0.789 bits per heavy atom. The molecule has 0 saturated carbocycles. The molecule has 0 aliphatic rings. The van der Waals surface area contributed by atoms with Crippen LogP contribution in [-0.4, -0.2) is 5.66 Å². The van der Waals surface area contributed by atoms with Crippen LogP contribution in [0.5, 0.6) is 0 Å². The second kappa shape index (κ2) is 6.87. The number of benzene rings is 2. The third-order valence-corrected chi connectivity index (χ3v) is 6.92. The average molecular weight is 270 g/mol. The van der Waals surface area contributed by atoms with E-state index >= 15 is 0 Å². The summed E-state index contributed by atoms with van der Waals surface area (Å²) in [6.07, 6.45) is 1.24. The monoisotopic (exact) mass is 270 g/mol. The van der Waals surface area contributed by atoms with Crippen LogP contribution in [0.2, 0.25) is 0 Å². The molecule has 2 aromatic carbocycles. The van der Waals surface area contributed by atoms with Gasteiger partial charge in [0.2, 0.25) is 0 Å². The maximum absolute atomic E-state index is 2.36. The van der Waals surface area contributed by atoms with E-state index in [1.54, 1.807) is 0 Å². The molecular weight excluding hydrogens is 247 g/mol. The molecule has 1 atom stereocenters. The Labute approximate surface area is 118 Å². The minimum Gasteiger partial charge on any atom is -0.0647 e. The zero-order chi connectivity index (χ0) is 13.7. The third-order valence-electron chi connectivity index (χ3n) is 3.59. The Morgan fingerprint density at radius 2 is 1.21 bits per heavy atom. The van der Waals surface area contributed by atoms with Gasteiger partial charge in [0.05, 0.1) is 0 Å². The molecule has 0 radical (unpaired) electrons. The molecule has 0 heterocycles. The predicted molar refractivity (Wildman–Crippen MR) is 88.0 cm³/mol. The van der Waals surface area contributed by atoms with Crippen molar-refractivity contribution in [2.75, 3.05) is 0 Å². The van der Waals surface area contributed by atoms with Gasteiger partial charge in [-0.3, -0.25) is 0 Å². The molecule has 2 aromatic rings. The van der Waals surface area contributed by atoms with Crippen LogP contribution in [0.25, 0.3) is 0 Å². The lowest BCUT2D eigenvalue weighted by Gasteiger charge is -2.30. The topological polar surface area (TPSA) is 0 Å². The smallest absolute Gasteiger partial charge is 0.0108 e. The maximum Gasteiger partial charge on any atom is -0.0108 e. The van der Waals surface area contributed by atoms with Crippen LogP contribution in [0.1, 0.15) is 27.2 Å². The van der Waals surface area contributed by atoms with Gasteiger partial charge in [-0.2, -0.15) is 0 Å². The lowest BCUT2D eigenvalue weighted by atomic mass is 10.1. The van der Waals surface area contributed by atoms with Gasteiger partial charge in [-0.15, -0.1) is 0 Å². The van der Waals surface area contributed by atoms with Crippen molar-refractivity contribution in [2.45, 2.75) is 32.9 Å². The fourth-order valence-corrected chi connectivity index (χ4v) is 5.67. The Morgan fingerprint density at radius 3 is 1.53 bits per heavy atom. The summed E-state index contributed by atoms with van der Waals surface area (Å²) in [5.41, 5.74) is 0.750. The highest BCUT2D eigenvalue weighted by Gasteiger charge is 2.25. The zero-order valence-corrected chi connectivity index (χ0v) is 13.0. The largest absolute Gasteiger partial charge is 0.0647 e. The van der Waals surface area contributed by atoms with Gasteiger partial charge in [-0.25, -0.2) is 0 Å². The molecule has 0 spiro atoms. The van der Waals surface area contributed by atoms with Crippen molar-refractivity contribution in [3.8, 4) is 0 Å². The average Bonchev–Trinajstić information content (AvgIpc) is 2.46. The molecule has 0 aliphatic heterocycles. The van der Waals surface area contributed by atoms with E-state index in [0.717, 1.165) is 11.6 Å². The molecule has 1 unspecified atom stereocenters. The SMILES string of the molecule is CCC(C(C)C)P(c1ccccc1)c1ccccc1. The third kappa shape index (κ3) is 3.45. The molecule has 0 fully saturated rings. The van der Waals surface area contributed by atoms with Crippen LogP contribution >= 0.6 is 7.92 Å². The summed E-state index contributed by atoms with van der Waals surface area (Å²) in [6, 6.07) is 22.1. The normalized spacial score (nSPS) is 12.9. The molecule has 0 saturated heterocycles. The van der Waals surface area contributed by atoms with Gasteiger partial charge < -0.3 is 0 Å². The molecule has 1 heteroatoms. The molecule has 0 aromatic heterocycles. The Kier molecular flexibility index (Phi) is 5.16. The molecule has 0 aliphatic carbocycles. The Bertz CT molecular complexity index is 436. The molecule has 0 nitrogen and oxygen atoms in total. The minimum atomic E-state index is -0.254. The van der Waals surface area contributed by atoms with E-state index in [9.17, 15) is 0 Å². The first-order valence-electron chi connectivity index (χ1n) is 7.13. The fraction of sp³-hybridized carbons (Fsp3) is 0.333. The first-order chi connectivity index (χ1) is 9.24. The summed E-state index contributed by atoms with van der Waals surface area (Å²) in [5.74, 6) is 0.719. The maximum atomic E-state index is 2.36. The molecule has 0 amide bonds. The molecule has 100 valence electrons. The Hall–Kier alpha value is -1.13. The summed E-state index contributed by atoms with van der Waals surface area (Å²) < 4.78 is 0. The highest BCUT2D eigenvalue weighted by molar-refractivity contribution is 7.73. The van der Waals surface area contributed by atoms with E-state index in [1.807, 2.05) is 0 Å². The molecule has 0 N–H and O–H groups in total. The first kappa shape index (κ1) is 14.3. The van der Waals surface area contributed by atoms with Crippen molar-refractivity contribution < 1.29 is 0 Å². The van der Waals surface area contributed by atoms with E-state index in [4.69, 9.17) is 0 Å². The van der Waals surface area contributed by atoms with Gasteiger partial charge in [0.15, 0.2) is 0 Å². The van der Waals surface area contributed by atoms with E-state index < -0.39 is 0 Å². The van der Waals surface area contributed by atoms with Crippen molar-refractivity contribution in [3.05, 3.63) is 60.7 Å². The van der Waals surface area contributed by atoms with Crippen LogP contribution < -0.4 is 10.6 Å². The van der Waals surface area contributed by atoms with E-state index in [0.29, 0.717) is 0 Å². The fourth-order valence-electron chi connectivity index (χ4n) is 2.66. The van der Waals surface area contributed by atoms with E-state index in [2.05, 4.69) is 81.4 Å². The highest BCUT2D eigenvalue weighted by atomic mass is 31.1. The quantitative estimate of drug-likeness (QED) is 0.699. The van der Waals surface area contributed by atoms with Crippen LogP contribution in [0.4, 0.5) is 0 Å². The van der Waals surface area contributed by atoms with Gasteiger partial charge >= 0.3 is 0 Å². The van der Waals surface area contributed by atoms with Crippen molar-refractivity contribution in [2.24, 2.45) is 5.92 Å². The van der Waals surface area contributed by atoms with E-state index in [1.165, 1.54) is 17.0 Å². The van der Waals surface area contributed by atoms with Crippen LogP contribution in [0, 0.1) is 5.92 Å². The highest BCUT2D eigenvalue weighted by Crippen LogP contribution is 2.44. The van der Waals surface area contributed by atoms with Crippen LogP contribution in [0.3, 0.4) is 0 Å². The van der Waals surface area contributed by atoms with Gasteiger partial charge in [-0.05, 0) is 36.5 Å². The van der Waals surface area contributed by atoms with Gasteiger partial charge in [0.1, 0.15) is 0 Å². The summed E-state index contributed by atoms with van der Waals surface area (Å²) in [4.78, 5) is 0. The van der Waals surface area contributed by atoms with Crippen molar-refractivity contribution in [1.29, 1.82) is 0 Å². The van der Waals surface area contributed by atoms with Crippen LogP contribution in [0.15, 0.2) is 60.7 Å². The Balaban J connectivity index is 2.45. The first-order valence-corrected chi connectivity index (χ1v) is 8.54. The summed E-state index contributed by atoms with van der Waals surface area (Å²) in [5, 5.41) is 3.01. The van der Waals surface area contributed by atoms with Crippen LogP contribution in [-0.2, 0) is 0 Å². The second-order valence-corrected chi connectivity index (χ2v) is 7.70. The minimum absolute atomic E-state index is 0.254. The predicted octanol–water partition coefficient (Wildman–Crippen LogP) is 4.55. The molecule has 0 bridgehead atoms. The number of rotatable bonds is 5. The van der Waals surface area contributed by atoms with Crippen molar-refractivity contribution in [3.63, 3.8) is 0 Å². The number of hydrogen-bond acceptors (Lipinski definition) is 0. The summed E-state index contributed by atoms with van der Waals surface area (Å²) >= 11 is 0. The lowest BCUT2D eigenvalue weighted by Crippen LogP contribution is -2.25. The van der Waals surface area contributed by atoms with Crippen molar-refractivity contribution in [1.82, 2.24) is 0 Å². The molecular formula is C18H23P. The molecule has 19 heavy (non-hydrogen) atoms. The summed E-state index contributed by atoms with van der Waals surface area (Å²) in [7, 11) is -0.254. The standard InChI is InChI=1S/C18H23P/c1-4-18(15(2)3)19(16-11-7-5-8-12-16)17-13-9-6-10-14-17/h5-15,18H,4H2,1-3H3. The van der Waals surface area contributed by atoms with Gasteiger partial charge in [0.25, 0.3) is 0 Å². The molecule has 2 rings (SSSR count). The lowest BCUT2D eigenvalue weighted by molar-refractivity contribution is 0.589. The van der Waals surface area contributed by atoms with E-state index in [-0.39, 0.29) is 7.92 Å². The summed E-state index contributed by atoms with van der Waals surface area (Å²) in [6.45, 7) is 7.04. The second-order valence-electron chi connectivity index (χ2n) is 5.26. The number of hydrogen-bond donors (Lipinski definition) is 0. The van der Waals surface area contributed by atoms with Gasteiger partial charge in [0, 0.05) is 0 Å². The van der Waals surface area contributed by atoms with Gasteiger partial charge in [-0.1, -0.05) is 81.4 Å².